The number of ether oxygens (including phenoxy) is 8. The van der Waals surface area contributed by atoms with Crippen LogP contribution in [0.1, 0.15) is 64.2 Å². The predicted octanol–water partition coefficient (Wildman–Crippen LogP) is -4.50. The van der Waals surface area contributed by atoms with Crippen molar-refractivity contribution in [3.63, 3.8) is 0 Å². The van der Waals surface area contributed by atoms with Crippen LogP contribution in [0.3, 0.4) is 0 Å². The number of aliphatic hydroxyl groups is 12. The zero-order valence-electron chi connectivity index (χ0n) is 36.8. The van der Waals surface area contributed by atoms with Gasteiger partial charge in [-0.2, -0.15) is 0 Å². The van der Waals surface area contributed by atoms with Crippen LogP contribution in [-0.2, 0) is 42.7 Å². The van der Waals surface area contributed by atoms with E-state index < -0.39 is 166 Å². The minimum absolute atomic E-state index is 0.0801. The van der Waals surface area contributed by atoms with Crippen LogP contribution in [0.15, 0.2) is 12.2 Å². The maximum atomic E-state index is 12.7. The number of fused-ring (bicyclic) bond motifs is 1. The van der Waals surface area contributed by atoms with Gasteiger partial charge in [0.1, 0.15) is 73.8 Å². The molecule has 7 rings (SSSR count). The zero-order chi connectivity index (χ0) is 46.9. The number of esters is 1. The first-order chi connectivity index (χ1) is 30.9. The van der Waals surface area contributed by atoms with Crippen molar-refractivity contribution in [1.29, 1.82) is 0 Å². The first-order valence-electron chi connectivity index (χ1n) is 23.1. The molecule has 22 nitrogen and oxygen atoms in total. The number of nitrogens with zero attached hydrogens (tertiary/aromatic N) is 1. The standard InChI is InChI=1S/C43H71NO21/c1-44(2)20-7-3-18(4-8-20)5-10-31(50)58-16-29-33(52)35(54)38(57)41(63-29)60-17-30-34(53)36(55)40(65-42-37(56)32(51)26(49)15-59-42)43(64-30)62-28-14-22-24(47)12-21(45)13-27(22)61-39(28)19-6-9-23(46)25(48)11-19/h5,10,18-30,32-43,45-49,51-57H,3-4,6-9,11-17H2,1-2H3/t18?,19?,20?,21?,22?,23?,24?,25?,26-,27?,28?,29-,30-,32+,33-,34+,35+,36+,37-,38-,39?,40-,41-,42+,43-/m1/s1. The lowest BCUT2D eigenvalue weighted by Gasteiger charge is -2.51. The summed E-state index contributed by atoms with van der Waals surface area (Å²) in [5.41, 5.74) is 0. The van der Waals surface area contributed by atoms with Crippen LogP contribution in [0.25, 0.3) is 0 Å². The van der Waals surface area contributed by atoms with Crippen molar-refractivity contribution in [1.82, 2.24) is 4.90 Å². The SMILES string of the molecule is CN(C)C1CCC(C=CC(=O)OC[C@H]2O[C@@H](OC[C@H]3O[C@@H](OC4CC5C(O)CC(O)CC5OC4C4CCC(O)C(O)C4)[C@H](O[C@@H]4OC[C@@H](O)[C@H](O)[C@H]4O)[C@@H](O)[C@H]3O)[C@H](O)[C@@H](O)[C@@H]2O)CC1. The smallest absolute Gasteiger partial charge is 0.330 e. The molecule has 0 spiro atoms. The van der Waals surface area contributed by atoms with Gasteiger partial charge in [-0.3, -0.25) is 0 Å². The molecule has 0 aromatic rings. The molecular weight excluding hydrogens is 866 g/mol. The number of allylic oxidation sites excluding steroid dienone is 1. The summed E-state index contributed by atoms with van der Waals surface area (Å²) < 4.78 is 47.6. The molecule has 7 fully saturated rings. The van der Waals surface area contributed by atoms with Crippen molar-refractivity contribution in [2.45, 2.75) is 199 Å². The Balaban J connectivity index is 1.04. The van der Waals surface area contributed by atoms with Crippen LogP contribution in [0.5, 0.6) is 0 Å². The minimum atomic E-state index is -1.90. The highest BCUT2D eigenvalue weighted by atomic mass is 16.8. The number of rotatable bonds is 13. The first-order valence-corrected chi connectivity index (χ1v) is 23.1. The van der Waals surface area contributed by atoms with E-state index in [2.05, 4.69) is 4.90 Å². The van der Waals surface area contributed by atoms with E-state index in [-0.39, 0.29) is 38.0 Å². The van der Waals surface area contributed by atoms with Gasteiger partial charge in [0.2, 0.25) is 0 Å². The van der Waals surface area contributed by atoms with E-state index in [0.717, 1.165) is 25.7 Å². The molecule has 9 unspecified atom stereocenters. The summed E-state index contributed by atoms with van der Waals surface area (Å²) >= 11 is 0. The van der Waals surface area contributed by atoms with Gasteiger partial charge in [-0.15, -0.1) is 0 Å². The van der Waals surface area contributed by atoms with Gasteiger partial charge in [-0.25, -0.2) is 4.79 Å². The molecule has 3 saturated carbocycles. The molecule has 0 aromatic heterocycles. The monoisotopic (exact) mass is 937 g/mol. The van der Waals surface area contributed by atoms with Gasteiger partial charge < -0.3 is 104 Å². The quantitative estimate of drug-likeness (QED) is 0.0612. The van der Waals surface area contributed by atoms with E-state index in [9.17, 15) is 66.1 Å². The van der Waals surface area contributed by atoms with E-state index in [1.807, 2.05) is 14.1 Å². The van der Waals surface area contributed by atoms with Gasteiger partial charge in [-0.05, 0) is 90.1 Å². The highest BCUT2D eigenvalue weighted by Gasteiger charge is 2.55. The highest BCUT2D eigenvalue weighted by molar-refractivity contribution is 5.81. The summed E-state index contributed by atoms with van der Waals surface area (Å²) in [5.74, 6) is -1.42. The van der Waals surface area contributed by atoms with Gasteiger partial charge in [0, 0.05) is 18.0 Å². The normalized spacial score (nSPS) is 50.0. The Morgan fingerprint density at radius 3 is 2.00 bits per heavy atom. The molecule has 0 aromatic carbocycles. The second kappa shape index (κ2) is 22.4. The largest absolute Gasteiger partial charge is 0.460 e. The topological polar surface area (TPSA) is 337 Å². The lowest BCUT2D eigenvalue weighted by Crippen LogP contribution is -2.65. The van der Waals surface area contributed by atoms with E-state index in [1.165, 1.54) is 6.08 Å². The maximum absolute atomic E-state index is 12.7. The fourth-order valence-corrected chi connectivity index (χ4v) is 10.5. The Hall–Kier alpha value is -1.59. The Kier molecular flexibility index (Phi) is 17.7. The van der Waals surface area contributed by atoms with Crippen LogP contribution < -0.4 is 0 Å². The van der Waals surface area contributed by atoms with Crippen LogP contribution in [0.4, 0.5) is 0 Å². The molecule has 0 radical (unpaired) electrons. The first kappa shape index (κ1) is 51.3. The lowest BCUT2D eigenvalue weighted by atomic mass is 9.72. The third-order valence-corrected chi connectivity index (χ3v) is 14.6. The third kappa shape index (κ3) is 12.1. The lowest BCUT2D eigenvalue weighted by molar-refractivity contribution is -0.376. The molecule has 4 heterocycles. The van der Waals surface area contributed by atoms with E-state index in [0.29, 0.717) is 12.5 Å². The van der Waals surface area contributed by atoms with Crippen LogP contribution in [-0.4, -0.2) is 241 Å². The van der Waals surface area contributed by atoms with E-state index in [1.54, 1.807) is 6.08 Å². The predicted molar refractivity (Wildman–Crippen MR) is 218 cm³/mol. The summed E-state index contributed by atoms with van der Waals surface area (Å²) in [6.45, 7) is -1.63. The third-order valence-electron chi connectivity index (χ3n) is 14.6. The molecule has 4 saturated heterocycles. The summed E-state index contributed by atoms with van der Waals surface area (Å²) in [6, 6.07) is 0.484. The van der Waals surface area contributed by atoms with Gasteiger partial charge in [-0.1, -0.05) is 6.08 Å². The fraction of sp³-hybridized carbons (Fsp3) is 0.930. The van der Waals surface area contributed by atoms with Crippen molar-refractivity contribution in [2.75, 3.05) is 33.9 Å². The average Bonchev–Trinajstić information content (AvgIpc) is 3.28. The van der Waals surface area contributed by atoms with E-state index in [4.69, 9.17) is 37.9 Å². The Morgan fingerprint density at radius 2 is 1.29 bits per heavy atom. The molecule has 7 aliphatic rings. The summed E-state index contributed by atoms with van der Waals surface area (Å²) in [6.07, 6.45) is -21.7. The Labute approximate surface area is 377 Å². The summed E-state index contributed by atoms with van der Waals surface area (Å²) in [4.78, 5) is 14.8. The summed E-state index contributed by atoms with van der Waals surface area (Å²) in [7, 11) is 4.08. The van der Waals surface area contributed by atoms with Crippen LogP contribution in [0, 0.1) is 17.8 Å². The van der Waals surface area contributed by atoms with E-state index >= 15 is 0 Å². The van der Waals surface area contributed by atoms with Crippen molar-refractivity contribution in [3.8, 4) is 0 Å². The molecule has 374 valence electrons. The minimum Gasteiger partial charge on any atom is -0.460 e. The number of hydrogen-bond donors (Lipinski definition) is 12. The molecule has 0 amide bonds. The number of carbonyl (C=O) groups is 1. The van der Waals surface area contributed by atoms with Gasteiger partial charge in [0.05, 0.1) is 55.9 Å². The van der Waals surface area contributed by atoms with Crippen LogP contribution in [0.2, 0.25) is 0 Å². The van der Waals surface area contributed by atoms with Crippen molar-refractivity contribution in [3.05, 3.63) is 12.2 Å². The van der Waals surface area contributed by atoms with Crippen molar-refractivity contribution < 1.29 is 104 Å². The maximum Gasteiger partial charge on any atom is 0.330 e. The van der Waals surface area contributed by atoms with Crippen LogP contribution >= 0.6 is 0 Å². The molecule has 22 heteroatoms. The van der Waals surface area contributed by atoms with Crippen molar-refractivity contribution >= 4 is 5.97 Å². The molecule has 65 heavy (non-hydrogen) atoms. The highest BCUT2D eigenvalue weighted by Crippen LogP contribution is 2.44. The van der Waals surface area contributed by atoms with Gasteiger partial charge in [0.15, 0.2) is 18.9 Å². The van der Waals surface area contributed by atoms with Gasteiger partial charge >= 0.3 is 5.97 Å². The molecule has 3 aliphatic carbocycles. The molecule has 12 N–H and O–H groups in total. The molecule has 4 aliphatic heterocycles. The fourth-order valence-electron chi connectivity index (χ4n) is 10.5. The molecular formula is C43H71NO21. The molecule has 0 bridgehead atoms. The zero-order valence-corrected chi connectivity index (χ0v) is 36.8. The Bertz CT molecular complexity index is 1540. The number of carbonyl (C=O) groups excluding carboxylic acids is 1. The Morgan fingerprint density at radius 1 is 0.615 bits per heavy atom. The number of hydrogen-bond acceptors (Lipinski definition) is 22. The second-order valence-electron chi connectivity index (χ2n) is 19.4. The van der Waals surface area contributed by atoms with Crippen molar-refractivity contribution in [2.24, 2.45) is 17.8 Å². The average molecular weight is 938 g/mol. The van der Waals surface area contributed by atoms with Gasteiger partial charge in [0.25, 0.3) is 0 Å². The molecule has 23 atom stereocenters. The number of aliphatic hydroxyl groups excluding tert-OH is 12. The summed E-state index contributed by atoms with van der Waals surface area (Å²) in [5, 5.41) is 129. The second-order valence-corrected chi connectivity index (χ2v) is 19.4.